The number of rotatable bonds is 6. The summed E-state index contributed by atoms with van der Waals surface area (Å²) in [5.41, 5.74) is 5.20. The molecule has 0 atom stereocenters. The van der Waals surface area contributed by atoms with Gasteiger partial charge in [0.15, 0.2) is 0 Å². The molecule has 1 amide bonds. The summed E-state index contributed by atoms with van der Waals surface area (Å²) in [6, 6.07) is 0. The summed E-state index contributed by atoms with van der Waals surface area (Å²) in [4.78, 5) is 13.4. The van der Waals surface area contributed by atoms with Crippen LogP contribution < -0.4 is 11.1 Å². The first-order valence-electron chi connectivity index (χ1n) is 6.41. The summed E-state index contributed by atoms with van der Waals surface area (Å²) in [5.74, 6) is 0.854. The molecule has 1 aliphatic rings. The average Bonchev–Trinajstić information content (AvgIpc) is 2.31. The Morgan fingerprint density at radius 1 is 1.28 bits per heavy atom. The van der Waals surface area contributed by atoms with Crippen molar-refractivity contribution in [2.24, 2.45) is 11.7 Å². The van der Waals surface area contributed by atoms with E-state index in [0.29, 0.717) is 0 Å². The molecule has 0 unspecified atom stereocenters. The number of nitrogens with two attached hydrogens (primary N) is 1. The van der Waals surface area contributed by atoms with Gasteiger partial charge in [0, 0.05) is 6.54 Å². The molecule has 0 aliphatic carbocycles. The quantitative estimate of drug-likeness (QED) is 0.729. The molecule has 0 radical (unpaired) electrons. The minimum atomic E-state index is -0.0493. The van der Waals surface area contributed by atoms with Crippen molar-refractivity contribution in [1.29, 1.82) is 0 Å². The lowest BCUT2D eigenvalue weighted by molar-refractivity contribution is -0.119. The Kier molecular flexibility index (Phi) is 13.6. The van der Waals surface area contributed by atoms with Crippen LogP contribution in [-0.2, 0) is 4.79 Å². The molecular weight excluding hydrogens is 273 g/mol. The predicted octanol–water partition coefficient (Wildman–Crippen LogP) is 1.42. The lowest BCUT2D eigenvalue weighted by Gasteiger charge is -2.30. The molecule has 1 heterocycles. The Morgan fingerprint density at radius 3 is 2.44 bits per heavy atom. The van der Waals surface area contributed by atoms with Crippen molar-refractivity contribution in [2.75, 3.05) is 32.7 Å². The van der Waals surface area contributed by atoms with Crippen LogP contribution in [0.1, 0.15) is 32.6 Å². The number of carbonyl (C=O) groups excluding carboxylic acids is 1. The maximum absolute atomic E-state index is 10.9. The van der Waals surface area contributed by atoms with Crippen molar-refractivity contribution in [1.82, 2.24) is 10.2 Å². The second-order valence-corrected chi connectivity index (χ2v) is 4.79. The number of carbonyl (C=O) groups is 1. The zero-order valence-corrected chi connectivity index (χ0v) is 12.8. The number of hydrogen-bond donors (Lipinski definition) is 2. The lowest BCUT2D eigenvalue weighted by Crippen LogP contribution is -2.34. The van der Waals surface area contributed by atoms with Crippen molar-refractivity contribution in [3.8, 4) is 0 Å². The van der Waals surface area contributed by atoms with Gasteiger partial charge in [0.2, 0.25) is 5.91 Å². The summed E-state index contributed by atoms with van der Waals surface area (Å²) >= 11 is 0. The van der Waals surface area contributed by atoms with Gasteiger partial charge in [-0.1, -0.05) is 6.92 Å². The fraction of sp³-hybridized carbons (Fsp3) is 0.917. The van der Waals surface area contributed by atoms with Crippen LogP contribution in [0.25, 0.3) is 0 Å². The predicted molar refractivity (Wildman–Crippen MR) is 80.6 cm³/mol. The number of likely N-dealkylation sites (tertiary alicyclic amines) is 1. The normalized spacial score (nSPS) is 16.6. The summed E-state index contributed by atoms with van der Waals surface area (Å²) in [7, 11) is 0. The Hall–Kier alpha value is -0.0300. The van der Waals surface area contributed by atoms with Crippen molar-refractivity contribution < 1.29 is 4.79 Å². The molecule has 1 aliphatic heterocycles. The Bertz CT molecular complexity index is 209. The molecule has 3 N–H and O–H groups in total. The zero-order valence-electron chi connectivity index (χ0n) is 11.2. The molecular formula is C12H27Cl2N3O. The van der Waals surface area contributed by atoms with Crippen molar-refractivity contribution in [3.05, 3.63) is 0 Å². The SMILES string of the molecule is CC1CCN(CCCCNC(=O)CN)CC1.Cl.Cl. The average molecular weight is 300 g/mol. The summed E-state index contributed by atoms with van der Waals surface area (Å²) in [6.07, 6.45) is 4.89. The molecule has 0 aromatic rings. The van der Waals surface area contributed by atoms with Gasteiger partial charge < -0.3 is 16.0 Å². The fourth-order valence-corrected chi connectivity index (χ4v) is 2.05. The monoisotopic (exact) mass is 299 g/mol. The molecule has 0 aromatic heterocycles. The number of nitrogens with zero attached hydrogens (tertiary/aromatic N) is 1. The zero-order chi connectivity index (χ0) is 11.8. The minimum absolute atomic E-state index is 0. The van der Waals surface area contributed by atoms with E-state index in [1.807, 2.05) is 0 Å². The Balaban J connectivity index is 0. The number of nitrogens with one attached hydrogen (secondary N) is 1. The number of halogens is 2. The number of hydrogen-bond acceptors (Lipinski definition) is 3. The molecule has 110 valence electrons. The summed E-state index contributed by atoms with van der Waals surface area (Å²) in [5, 5.41) is 2.79. The third kappa shape index (κ3) is 8.97. The Morgan fingerprint density at radius 2 is 1.89 bits per heavy atom. The molecule has 18 heavy (non-hydrogen) atoms. The largest absolute Gasteiger partial charge is 0.355 e. The molecule has 0 saturated carbocycles. The van der Waals surface area contributed by atoms with Crippen LogP contribution in [-0.4, -0.2) is 43.5 Å². The fourth-order valence-electron chi connectivity index (χ4n) is 2.05. The highest BCUT2D eigenvalue weighted by Crippen LogP contribution is 2.15. The second kappa shape index (κ2) is 12.0. The van der Waals surface area contributed by atoms with E-state index in [0.717, 1.165) is 18.9 Å². The van der Waals surface area contributed by atoms with E-state index >= 15 is 0 Å². The van der Waals surface area contributed by atoms with E-state index in [1.54, 1.807) is 0 Å². The molecule has 0 spiro atoms. The van der Waals surface area contributed by atoms with Crippen molar-refractivity contribution in [3.63, 3.8) is 0 Å². The van der Waals surface area contributed by atoms with Crippen LogP contribution in [0, 0.1) is 5.92 Å². The first kappa shape index (κ1) is 20.3. The molecule has 1 fully saturated rings. The minimum Gasteiger partial charge on any atom is -0.355 e. The van der Waals surface area contributed by atoms with Crippen LogP contribution in [0.4, 0.5) is 0 Å². The smallest absolute Gasteiger partial charge is 0.233 e. The maximum atomic E-state index is 10.9. The topological polar surface area (TPSA) is 58.4 Å². The van der Waals surface area contributed by atoms with Crippen LogP contribution in [0.15, 0.2) is 0 Å². The van der Waals surface area contributed by atoms with E-state index in [4.69, 9.17) is 5.73 Å². The van der Waals surface area contributed by atoms with Gasteiger partial charge in [0.05, 0.1) is 6.54 Å². The highest BCUT2D eigenvalue weighted by molar-refractivity contribution is 5.85. The molecule has 0 bridgehead atoms. The van der Waals surface area contributed by atoms with Crippen LogP contribution in [0.3, 0.4) is 0 Å². The van der Waals surface area contributed by atoms with Crippen LogP contribution >= 0.6 is 24.8 Å². The van der Waals surface area contributed by atoms with Gasteiger partial charge in [-0.25, -0.2) is 0 Å². The van der Waals surface area contributed by atoms with Crippen molar-refractivity contribution >= 4 is 30.7 Å². The number of piperidine rings is 1. The van der Waals surface area contributed by atoms with Crippen molar-refractivity contribution in [2.45, 2.75) is 32.6 Å². The number of amides is 1. The summed E-state index contributed by atoms with van der Waals surface area (Å²) < 4.78 is 0. The van der Waals surface area contributed by atoms with Gasteiger partial charge in [-0.2, -0.15) is 0 Å². The third-order valence-corrected chi connectivity index (χ3v) is 3.28. The van der Waals surface area contributed by atoms with E-state index in [2.05, 4.69) is 17.1 Å². The van der Waals surface area contributed by atoms with Gasteiger partial charge in [0.25, 0.3) is 0 Å². The molecule has 1 rings (SSSR count). The molecule has 1 saturated heterocycles. The van der Waals surface area contributed by atoms with Crippen LogP contribution in [0.5, 0.6) is 0 Å². The molecule has 4 nitrogen and oxygen atoms in total. The first-order valence-corrected chi connectivity index (χ1v) is 6.41. The van der Waals surface area contributed by atoms with E-state index < -0.39 is 0 Å². The van der Waals surface area contributed by atoms with Crippen LogP contribution in [0.2, 0.25) is 0 Å². The highest BCUT2D eigenvalue weighted by Gasteiger charge is 2.14. The van der Waals surface area contributed by atoms with E-state index in [9.17, 15) is 4.79 Å². The standard InChI is InChI=1S/C12H25N3O.2ClH/c1-11-4-8-15(9-5-11)7-3-2-6-14-12(16)10-13;;/h11H,2-10,13H2,1H3,(H,14,16);2*1H. The van der Waals surface area contributed by atoms with Gasteiger partial charge >= 0.3 is 0 Å². The Labute approximate surface area is 123 Å². The van der Waals surface area contributed by atoms with E-state index in [1.165, 1.54) is 38.9 Å². The second-order valence-electron chi connectivity index (χ2n) is 4.79. The summed E-state index contributed by atoms with van der Waals surface area (Å²) in [6.45, 7) is 6.86. The molecule has 6 heteroatoms. The van der Waals surface area contributed by atoms with Gasteiger partial charge in [-0.3, -0.25) is 4.79 Å². The third-order valence-electron chi connectivity index (χ3n) is 3.28. The van der Waals surface area contributed by atoms with Gasteiger partial charge in [0.1, 0.15) is 0 Å². The van der Waals surface area contributed by atoms with Gasteiger partial charge in [-0.05, 0) is 51.2 Å². The first-order chi connectivity index (χ1) is 7.72. The lowest BCUT2D eigenvalue weighted by atomic mass is 9.99. The van der Waals surface area contributed by atoms with E-state index in [-0.39, 0.29) is 37.3 Å². The highest BCUT2D eigenvalue weighted by atomic mass is 35.5. The number of unbranched alkanes of at least 4 members (excludes halogenated alkanes) is 1. The molecule has 0 aromatic carbocycles. The van der Waals surface area contributed by atoms with Gasteiger partial charge in [-0.15, -0.1) is 24.8 Å². The maximum Gasteiger partial charge on any atom is 0.233 e.